The molecule has 0 aliphatic carbocycles. The second kappa shape index (κ2) is 23.0. The molecule has 1 saturated heterocycles. The van der Waals surface area contributed by atoms with E-state index in [0.717, 1.165) is 61.8 Å². The van der Waals surface area contributed by atoms with Gasteiger partial charge in [-0.25, -0.2) is 19.2 Å². The quantitative estimate of drug-likeness (QED) is 0.0343. The van der Waals surface area contributed by atoms with Gasteiger partial charge in [-0.2, -0.15) is 0 Å². The summed E-state index contributed by atoms with van der Waals surface area (Å²) >= 11 is 0. The Morgan fingerprint density at radius 2 is 0.948 bits per heavy atom. The number of benzene rings is 2. The number of pyridine rings is 2. The van der Waals surface area contributed by atoms with Crippen molar-refractivity contribution in [1.29, 1.82) is 0 Å². The fraction of sp³-hybridized carbons (Fsp3) is 0.318. The lowest BCUT2D eigenvalue weighted by molar-refractivity contribution is -0.288. The highest BCUT2D eigenvalue weighted by Gasteiger charge is 2.34. The smallest absolute Gasteiger partial charge is 0.340 e. The van der Waals surface area contributed by atoms with Crippen molar-refractivity contribution in [2.75, 3.05) is 39.6 Å². The van der Waals surface area contributed by atoms with Gasteiger partial charge in [-0.3, -0.25) is 9.97 Å². The highest BCUT2D eigenvalue weighted by atomic mass is 16.8. The van der Waals surface area contributed by atoms with E-state index in [1.165, 1.54) is 0 Å². The summed E-state index contributed by atoms with van der Waals surface area (Å²) in [6.07, 6.45) is 7.79. The van der Waals surface area contributed by atoms with Crippen LogP contribution in [0.3, 0.4) is 0 Å². The molecule has 1 fully saturated rings. The first-order valence-electron chi connectivity index (χ1n) is 18.9. The van der Waals surface area contributed by atoms with Gasteiger partial charge in [0.1, 0.15) is 11.5 Å². The number of nitrogens with zero attached hydrogens (tertiary/aromatic N) is 2. The number of unbranched alkanes of at least 4 members (excludes halogenated alkanes) is 4. The van der Waals surface area contributed by atoms with Gasteiger partial charge in [0.2, 0.25) is 0 Å². The van der Waals surface area contributed by atoms with E-state index in [4.69, 9.17) is 37.9 Å². The maximum Gasteiger partial charge on any atom is 0.340 e. The van der Waals surface area contributed by atoms with Crippen molar-refractivity contribution >= 4 is 23.9 Å². The molecule has 1 aliphatic heterocycles. The second-order valence-corrected chi connectivity index (χ2v) is 12.8. The third kappa shape index (κ3) is 13.7. The van der Waals surface area contributed by atoms with Gasteiger partial charge in [0.25, 0.3) is 12.6 Å². The SMILES string of the molecule is C=CC(=O)OCCCCCOc1ccc(-c2ccc(C(=O)O[C@H]3OCCO[C@@H]3OC(=O)c3ccc(-c4ccc(OCCCCCOC(=O)C=C)cn4)cc3)cc2)nc1. The van der Waals surface area contributed by atoms with Gasteiger partial charge >= 0.3 is 23.9 Å². The highest BCUT2D eigenvalue weighted by Crippen LogP contribution is 2.24. The van der Waals surface area contributed by atoms with E-state index >= 15 is 0 Å². The Morgan fingerprint density at radius 1 is 0.552 bits per heavy atom. The van der Waals surface area contributed by atoms with Gasteiger partial charge in [-0.15, -0.1) is 0 Å². The summed E-state index contributed by atoms with van der Waals surface area (Å²) in [6.45, 7) is 8.73. The van der Waals surface area contributed by atoms with Crippen LogP contribution in [-0.4, -0.2) is 86.1 Å². The molecule has 5 rings (SSSR count). The number of hydrogen-bond acceptors (Lipinski definition) is 14. The number of rotatable bonds is 22. The molecular weight excluding hydrogens is 748 g/mol. The normalized spacial score (nSPS) is 14.7. The van der Waals surface area contributed by atoms with Crippen molar-refractivity contribution in [3.63, 3.8) is 0 Å². The molecule has 0 amide bonds. The average Bonchev–Trinajstić information content (AvgIpc) is 3.26. The first-order chi connectivity index (χ1) is 28.3. The number of ether oxygens (including phenoxy) is 8. The van der Waals surface area contributed by atoms with Crippen molar-refractivity contribution in [3.05, 3.63) is 122 Å². The van der Waals surface area contributed by atoms with Crippen LogP contribution in [0.2, 0.25) is 0 Å². The van der Waals surface area contributed by atoms with E-state index < -0.39 is 36.5 Å². The summed E-state index contributed by atoms with van der Waals surface area (Å²) < 4.78 is 43.8. The Bertz CT molecular complexity index is 1810. The van der Waals surface area contributed by atoms with E-state index in [-0.39, 0.29) is 24.3 Å². The molecule has 4 aromatic rings. The molecule has 2 aromatic heterocycles. The van der Waals surface area contributed by atoms with Crippen molar-refractivity contribution in [2.45, 2.75) is 51.1 Å². The van der Waals surface area contributed by atoms with Crippen LogP contribution in [0.25, 0.3) is 22.5 Å². The Kier molecular flexibility index (Phi) is 17.0. The van der Waals surface area contributed by atoms with E-state index in [9.17, 15) is 19.2 Å². The van der Waals surface area contributed by atoms with Crippen molar-refractivity contribution in [3.8, 4) is 34.0 Å². The zero-order chi connectivity index (χ0) is 41.0. The molecular formula is C44H46N2O12. The Morgan fingerprint density at radius 3 is 1.31 bits per heavy atom. The zero-order valence-electron chi connectivity index (χ0n) is 32.1. The molecule has 2 aromatic carbocycles. The standard InChI is InChI=1S/C44H46N2O12/c1-3-39(47)53-25-9-5-7-23-51-35-19-21-37(45-29-35)31-11-15-33(16-12-31)41(49)57-43-44(56-28-27-55-43)58-42(50)34-17-13-32(14-18-34)38-22-20-36(30-46-38)52-24-8-6-10-26-54-40(48)4-2/h3-4,11-22,29-30,43-44H,1-2,5-10,23-28H2/t43-,44-/m1/s1. The van der Waals surface area contributed by atoms with Crippen LogP contribution >= 0.6 is 0 Å². The number of carbonyl (C=O) groups excluding carboxylic acids is 4. The van der Waals surface area contributed by atoms with Crippen LogP contribution in [0, 0.1) is 0 Å². The van der Waals surface area contributed by atoms with Gasteiger partial charge < -0.3 is 37.9 Å². The average molecular weight is 795 g/mol. The maximum absolute atomic E-state index is 13.1. The Balaban J connectivity index is 1.04. The van der Waals surface area contributed by atoms with Crippen molar-refractivity contribution in [2.24, 2.45) is 0 Å². The van der Waals surface area contributed by atoms with Crippen molar-refractivity contribution < 1.29 is 57.1 Å². The minimum atomic E-state index is -1.28. The summed E-state index contributed by atoms with van der Waals surface area (Å²) in [7, 11) is 0. The van der Waals surface area contributed by atoms with E-state index in [1.807, 2.05) is 24.3 Å². The predicted molar refractivity (Wildman–Crippen MR) is 211 cm³/mol. The third-order valence-electron chi connectivity index (χ3n) is 8.56. The first kappa shape index (κ1) is 42.8. The number of aromatic nitrogens is 2. The first-order valence-corrected chi connectivity index (χ1v) is 18.9. The molecule has 0 bridgehead atoms. The zero-order valence-corrected chi connectivity index (χ0v) is 32.1. The van der Waals surface area contributed by atoms with Crippen LogP contribution in [0.5, 0.6) is 11.5 Å². The monoisotopic (exact) mass is 794 g/mol. The van der Waals surface area contributed by atoms with Crippen LogP contribution in [0.4, 0.5) is 0 Å². The summed E-state index contributed by atoms with van der Waals surface area (Å²) in [6, 6.07) is 20.7. The number of esters is 4. The maximum atomic E-state index is 13.1. The molecule has 0 saturated carbocycles. The van der Waals surface area contributed by atoms with Gasteiger partial charge in [0.15, 0.2) is 0 Å². The molecule has 3 heterocycles. The minimum absolute atomic E-state index is 0.143. The Hall–Kier alpha value is -6.38. The van der Waals surface area contributed by atoms with E-state index in [1.54, 1.807) is 60.9 Å². The van der Waals surface area contributed by atoms with Gasteiger partial charge in [0, 0.05) is 23.3 Å². The molecule has 2 atom stereocenters. The van der Waals surface area contributed by atoms with Crippen LogP contribution in [0.1, 0.15) is 59.2 Å². The Labute approximate surface area is 336 Å². The van der Waals surface area contributed by atoms with Gasteiger partial charge in [-0.05, 0) is 87.1 Å². The third-order valence-corrected chi connectivity index (χ3v) is 8.56. The molecule has 0 unspecified atom stereocenters. The lowest BCUT2D eigenvalue weighted by Crippen LogP contribution is -2.44. The van der Waals surface area contributed by atoms with E-state index in [2.05, 4.69) is 23.1 Å². The lowest BCUT2D eigenvalue weighted by Gasteiger charge is -2.30. The number of hydrogen-bond donors (Lipinski definition) is 0. The lowest BCUT2D eigenvalue weighted by atomic mass is 10.1. The highest BCUT2D eigenvalue weighted by molar-refractivity contribution is 5.91. The fourth-order valence-electron chi connectivity index (χ4n) is 5.44. The van der Waals surface area contributed by atoms with E-state index in [0.29, 0.717) is 49.3 Å². The molecule has 14 nitrogen and oxygen atoms in total. The summed E-state index contributed by atoms with van der Waals surface area (Å²) in [5, 5.41) is 0. The molecule has 1 aliphatic rings. The molecule has 14 heteroatoms. The number of carbonyl (C=O) groups is 4. The largest absolute Gasteiger partial charge is 0.492 e. The van der Waals surface area contributed by atoms with Crippen LogP contribution in [0.15, 0.2) is 111 Å². The molecule has 0 N–H and O–H groups in total. The molecule has 0 spiro atoms. The summed E-state index contributed by atoms with van der Waals surface area (Å²) in [5.74, 6) is -0.962. The van der Waals surface area contributed by atoms with Crippen LogP contribution < -0.4 is 9.47 Å². The molecule has 58 heavy (non-hydrogen) atoms. The summed E-state index contributed by atoms with van der Waals surface area (Å²) in [5.41, 5.74) is 3.44. The minimum Gasteiger partial charge on any atom is -0.492 e. The molecule has 304 valence electrons. The summed E-state index contributed by atoms with van der Waals surface area (Å²) in [4.78, 5) is 57.2. The topological polar surface area (TPSA) is 168 Å². The molecule has 0 radical (unpaired) electrons. The predicted octanol–water partition coefficient (Wildman–Crippen LogP) is 7.08. The van der Waals surface area contributed by atoms with Gasteiger partial charge in [0.05, 0.1) is 74.5 Å². The van der Waals surface area contributed by atoms with Crippen molar-refractivity contribution in [1.82, 2.24) is 9.97 Å². The fourth-order valence-corrected chi connectivity index (χ4v) is 5.44. The van der Waals surface area contributed by atoms with Gasteiger partial charge in [-0.1, -0.05) is 37.4 Å². The second-order valence-electron chi connectivity index (χ2n) is 12.8. The van der Waals surface area contributed by atoms with Crippen LogP contribution in [-0.2, 0) is 38.0 Å².